The third-order valence-electron chi connectivity index (χ3n) is 3.93. The first-order chi connectivity index (χ1) is 11.3. The number of halogens is 3. The fourth-order valence-electron chi connectivity index (χ4n) is 2.65. The molecule has 1 aliphatic rings. The lowest BCUT2D eigenvalue weighted by molar-refractivity contribution is -0.143. The van der Waals surface area contributed by atoms with Gasteiger partial charge in [0.2, 0.25) is 0 Å². The molecule has 1 aliphatic heterocycles. The van der Waals surface area contributed by atoms with E-state index >= 15 is 0 Å². The maximum absolute atomic E-state index is 12.4. The van der Waals surface area contributed by atoms with Crippen molar-refractivity contribution in [2.24, 2.45) is 4.99 Å². The van der Waals surface area contributed by atoms with Gasteiger partial charge in [-0.2, -0.15) is 13.2 Å². The van der Waals surface area contributed by atoms with Gasteiger partial charge in [-0.25, -0.2) is 0 Å². The lowest BCUT2D eigenvalue weighted by Gasteiger charge is -2.20. The summed E-state index contributed by atoms with van der Waals surface area (Å²) in [6.45, 7) is 3.30. The molecule has 0 aromatic heterocycles. The maximum Gasteiger partial charge on any atom is 0.401 e. The zero-order chi connectivity index (χ0) is 18.0. The van der Waals surface area contributed by atoms with Gasteiger partial charge in [-0.05, 0) is 26.4 Å². The summed E-state index contributed by atoms with van der Waals surface area (Å²) in [7, 11) is 5.40. The summed E-state index contributed by atoms with van der Waals surface area (Å²) in [5, 5.41) is 6.41. The molecule has 0 spiro atoms. The number of hydrogen-bond acceptors (Lipinski definition) is 4. The van der Waals surface area contributed by atoms with Crippen LogP contribution in [0.4, 0.5) is 13.2 Å². The summed E-state index contributed by atoms with van der Waals surface area (Å²) in [5.41, 5.74) is 0. The van der Waals surface area contributed by atoms with Crippen LogP contribution in [-0.4, -0.2) is 95.1 Å². The number of guanidine groups is 1. The monoisotopic (exact) mass is 353 g/mol. The van der Waals surface area contributed by atoms with Crippen molar-refractivity contribution in [2.45, 2.75) is 25.1 Å². The first-order valence-electron chi connectivity index (χ1n) is 8.28. The quantitative estimate of drug-likeness (QED) is 0.364. The lowest BCUT2D eigenvalue weighted by Crippen LogP contribution is -2.45. The van der Waals surface area contributed by atoms with E-state index < -0.39 is 12.7 Å². The standard InChI is InChI=1S/C15H30F3N5O/c1-19-14(20-6-4-7-22(2)9-10-24-3)21-13-5-8-23(11-13)12-15(16,17)18/h13H,4-12H2,1-3H3,(H2,19,20,21). The van der Waals surface area contributed by atoms with Gasteiger partial charge in [-0.3, -0.25) is 9.89 Å². The van der Waals surface area contributed by atoms with Gasteiger partial charge in [-0.15, -0.1) is 0 Å². The molecule has 0 saturated carbocycles. The van der Waals surface area contributed by atoms with Gasteiger partial charge in [0, 0.05) is 46.4 Å². The molecule has 0 aromatic carbocycles. The molecule has 0 aliphatic carbocycles. The second-order valence-electron chi connectivity index (χ2n) is 6.13. The molecule has 142 valence electrons. The van der Waals surface area contributed by atoms with Crippen LogP contribution in [0.5, 0.6) is 0 Å². The first-order valence-corrected chi connectivity index (χ1v) is 8.28. The summed E-state index contributed by atoms with van der Waals surface area (Å²) in [6.07, 6.45) is -2.49. The molecule has 9 heteroatoms. The Balaban J connectivity index is 2.19. The van der Waals surface area contributed by atoms with Crippen LogP contribution in [0.2, 0.25) is 0 Å². The van der Waals surface area contributed by atoms with E-state index in [1.165, 1.54) is 4.90 Å². The summed E-state index contributed by atoms with van der Waals surface area (Å²) < 4.78 is 42.2. The minimum atomic E-state index is -4.14. The fourth-order valence-corrected chi connectivity index (χ4v) is 2.65. The number of ether oxygens (including phenoxy) is 1. The SMILES string of the molecule is CN=C(NCCCN(C)CCOC)NC1CCN(CC(F)(F)F)C1. The normalized spacial score (nSPS) is 20.0. The second-order valence-corrected chi connectivity index (χ2v) is 6.13. The van der Waals surface area contributed by atoms with E-state index in [1.807, 2.05) is 7.05 Å². The molecule has 1 fully saturated rings. The van der Waals surface area contributed by atoms with Crippen LogP contribution >= 0.6 is 0 Å². The Kier molecular flexibility index (Phi) is 9.38. The van der Waals surface area contributed by atoms with Gasteiger partial charge in [0.15, 0.2) is 5.96 Å². The van der Waals surface area contributed by atoms with E-state index in [2.05, 4.69) is 20.5 Å². The average molecular weight is 353 g/mol. The number of methoxy groups -OCH3 is 1. The highest BCUT2D eigenvalue weighted by Gasteiger charge is 2.34. The second kappa shape index (κ2) is 10.7. The third kappa shape index (κ3) is 9.29. The number of hydrogen-bond donors (Lipinski definition) is 2. The molecule has 1 heterocycles. The molecular formula is C15H30F3N5O. The molecular weight excluding hydrogens is 323 g/mol. The molecule has 1 saturated heterocycles. The summed E-state index contributed by atoms with van der Waals surface area (Å²) >= 11 is 0. The Labute approximate surface area is 142 Å². The number of nitrogens with one attached hydrogen (secondary N) is 2. The predicted molar refractivity (Wildman–Crippen MR) is 89.4 cm³/mol. The number of alkyl halides is 3. The van der Waals surface area contributed by atoms with Crippen molar-refractivity contribution < 1.29 is 17.9 Å². The van der Waals surface area contributed by atoms with Crippen molar-refractivity contribution in [3.05, 3.63) is 0 Å². The Morgan fingerprint density at radius 3 is 2.75 bits per heavy atom. The molecule has 24 heavy (non-hydrogen) atoms. The van der Waals surface area contributed by atoms with Gasteiger partial charge in [0.05, 0.1) is 13.2 Å². The van der Waals surface area contributed by atoms with Crippen molar-refractivity contribution in [3.63, 3.8) is 0 Å². The predicted octanol–water partition coefficient (Wildman–Crippen LogP) is 0.756. The van der Waals surface area contributed by atoms with Crippen molar-refractivity contribution in [1.29, 1.82) is 0 Å². The first kappa shape index (κ1) is 21.0. The Bertz CT molecular complexity index is 379. The van der Waals surface area contributed by atoms with Crippen LogP contribution in [0.15, 0.2) is 4.99 Å². The third-order valence-corrected chi connectivity index (χ3v) is 3.93. The number of aliphatic imine (C=N–C) groups is 1. The highest BCUT2D eigenvalue weighted by atomic mass is 19.4. The van der Waals surface area contributed by atoms with Crippen LogP contribution in [-0.2, 0) is 4.74 Å². The Hall–Kier alpha value is -1.06. The topological polar surface area (TPSA) is 52.1 Å². The lowest BCUT2D eigenvalue weighted by atomic mass is 10.3. The molecule has 0 amide bonds. The summed E-state index contributed by atoms with van der Waals surface area (Å²) in [5.74, 6) is 0.647. The van der Waals surface area contributed by atoms with Gasteiger partial charge in [-0.1, -0.05) is 0 Å². The largest absolute Gasteiger partial charge is 0.401 e. The van der Waals surface area contributed by atoms with E-state index in [-0.39, 0.29) is 6.04 Å². The molecule has 1 atom stereocenters. The van der Waals surface area contributed by atoms with Crippen LogP contribution in [0.25, 0.3) is 0 Å². The number of rotatable bonds is 9. The van der Waals surface area contributed by atoms with Gasteiger partial charge in [0.1, 0.15) is 0 Å². The highest BCUT2D eigenvalue weighted by Crippen LogP contribution is 2.19. The van der Waals surface area contributed by atoms with Crippen LogP contribution in [0, 0.1) is 0 Å². The van der Waals surface area contributed by atoms with Crippen LogP contribution < -0.4 is 10.6 Å². The molecule has 0 aromatic rings. The average Bonchev–Trinajstić information content (AvgIpc) is 2.93. The van der Waals surface area contributed by atoms with E-state index in [4.69, 9.17) is 4.74 Å². The molecule has 2 N–H and O–H groups in total. The Morgan fingerprint density at radius 1 is 1.38 bits per heavy atom. The zero-order valence-electron chi connectivity index (χ0n) is 14.8. The molecule has 6 nitrogen and oxygen atoms in total. The van der Waals surface area contributed by atoms with E-state index in [9.17, 15) is 13.2 Å². The number of nitrogens with zero attached hydrogens (tertiary/aromatic N) is 3. The molecule has 1 rings (SSSR count). The van der Waals surface area contributed by atoms with Crippen molar-refractivity contribution in [2.75, 3.05) is 67.1 Å². The van der Waals surface area contributed by atoms with Crippen molar-refractivity contribution >= 4 is 5.96 Å². The summed E-state index contributed by atoms with van der Waals surface area (Å²) in [4.78, 5) is 7.75. The van der Waals surface area contributed by atoms with E-state index in [0.29, 0.717) is 32.1 Å². The van der Waals surface area contributed by atoms with Gasteiger partial charge in [0.25, 0.3) is 0 Å². The molecule has 0 bridgehead atoms. The number of likely N-dealkylation sites (tertiary alicyclic amines) is 1. The number of likely N-dealkylation sites (N-methyl/N-ethyl adjacent to an activating group) is 1. The van der Waals surface area contributed by atoms with Crippen molar-refractivity contribution in [1.82, 2.24) is 20.4 Å². The van der Waals surface area contributed by atoms with Crippen LogP contribution in [0.3, 0.4) is 0 Å². The zero-order valence-corrected chi connectivity index (χ0v) is 14.8. The molecule has 0 radical (unpaired) electrons. The van der Waals surface area contributed by atoms with Gasteiger partial charge < -0.3 is 20.3 Å². The minimum Gasteiger partial charge on any atom is -0.383 e. The fraction of sp³-hybridized carbons (Fsp3) is 0.933. The minimum absolute atomic E-state index is 0.00271. The molecule has 1 unspecified atom stereocenters. The van der Waals surface area contributed by atoms with Crippen LogP contribution in [0.1, 0.15) is 12.8 Å². The van der Waals surface area contributed by atoms with E-state index in [0.717, 1.165) is 26.1 Å². The smallest absolute Gasteiger partial charge is 0.383 e. The van der Waals surface area contributed by atoms with Crippen molar-refractivity contribution in [3.8, 4) is 0 Å². The maximum atomic E-state index is 12.4. The summed E-state index contributed by atoms with van der Waals surface area (Å²) in [6, 6.07) is 0.00271. The van der Waals surface area contributed by atoms with E-state index in [1.54, 1.807) is 14.2 Å². The highest BCUT2D eigenvalue weighted by molar-refractivity contribution is 5.79. The van der Waals surface area contributed by atoms with Gasteiger partial charge >= 0.3 is 6.18 Å². The Morgan fingerprint density at radius 2 is 2.12 bits per heavy atom.